The Kier molecular flexibility index (Phi) is 5.29. The molecule has 1 aromatic carbocycles. The number of alkyl halides is 3. The molecule has 3 nitrogen and oxygen atoms in total. The number of hydrogen-bond acceptors (Lipinski definition) is 2. The number of rotatable bonds is 5. The van der Waals surface area contributed by atoms with Crippen molar-refractivity contribution in [3.8, 4) is 0 Å². The summed E-state index contributed by atoms with van der Waals surface area (Å²) in [5.41, 5.74) is 0.733. The normalized spacial score (nSPS) is 13.1. The molecular weight excluding hydrogens is 264 g/mol. The first-order valence-electron chi connectivity index (χ1n) is 5.60. The maximum absolute atomic E-state index is 12.6. The molecule has 19 heavy (non-hydrogen) atoms. The SMILES string of the molecule is CC(NCc1ccc(F)cc1)C(=O)NCC(F)(F)F. The second kappa shape index (κ2) is 6.51. The minimum Gasteiger partial charge on any atom is -0.346 e. The second-order valence-corrected chi connectivity index (χ2v) is 4.06. The molecule has 0 bridgehead atoms. The van der Waals surface area contributed by atoms with Crippen LogP contribution in [0, 0.1) is 5.82 Å². The van der Waals surface area contributed by atoms with Gasteiger partial charge in [0, 0.05) is 6.54 Å². The van der Waals surface area contributed by atoms with Crippen molar-refractivity contribution in [1.82, 2.24) is 10.6 Å². The maximum atomic E-state index is 12.6. The Morgan fingerprint density at radius 2 is 1.84 bits per heavy atom. The number of amides is 1. The zero-order valence-electron chi connectivity index (χ0n) is 10.2. The molecule has 0 radical (unpaired) electrons. The van der Waals surface area contributed by atoms with Gasteiger partial charge in [0.05, 0.1) is 6.04 Å². The highest BCUT2D eigenvalue weighted by atomic mass is 19.4. The third kappa shape index (κ3) is 6.19. The van der Waals surface area contributed by atoms with Gasteiger partial charge in [-0.3, -0.25) is 4.79 Å². The molecule has 0 heterocycles. The van der Waals surface area contributed by atoms with E-state index in [4.69, 9.17) is 0 Å². The molecule has 0 aliphatic rings. The van der Waals surface area contributed by atoms with Crippen LogP contribution in [0.15, 0.2) is 24.3 Å². The molecule has 0 spiro atoms. The average Bonchev–Trinajstić information content (AvgIpc) is 2.34. The Labute approximate surface area is 108 Å². The van der Waals surface area contributed by atoms with E-state index in [0.29, 0.717) is 0 Å². The van der Waals surface area contributed by atoms with Crippen LogP contribution >= 0.6 is 0 Å². The van der Waals surface area contributed by atoms with Crippen molar-refractivity contribution >= 4 is 5.91 Å². The van der Waals surface area contributed by atoms with E-state index in [9.17, 15) is 22.4 Å². The van der Waals surface area contributed by atoms with Gasteiger partial charge < -0.3 is 10.6 Å². The summed E-state index contributed by atoms with van der Waals surface area (Å²) in [5, 5.41) is 4.53. The van der Waals surface area contributed by atoms with Crippen molar-refractivity contribution in [2.75, 3.05) is 6.54 Å². The Morgan fingerprint density at radius 3 is 2.37 bits per heavy atom. The Morgan fingerprint density at radius 1 is 1.26 bits per heavy atom. The molecule has 0 saturated carbocycles. The highest BCUT2D eigenvalue weighted by Gasteiger charge is 2.28. The summed E-state index contributed by atoms with van der Waals surface area (Å²) in [4.78, 5) is 11.3. The van der Waals surface area contributed by atoms with Gasteiger partial charge in [0.25, 0.3) is 0 Å². The van der Waals surface area contributed by atoms with Crippen LogP contribution in [0.5, 0.6) is 0 Å². The zero-order valence-corrected chi connectivity index (χ0v) is 10.2. The molecule has 1 atom stereocenters. The summed E-state index contributed by atoms with van der Waals surface area (Å²) < 4.78 is 48.3. The van der Waals surface area contributed by atoms with E-state index in [1.54, 1.807) is 5.32 Å². The number of carbonyl (C=O) groups is 1. The van der Waals surface area contributed by atoms with Crippen molar-refractivity contribution in [3.05, 3.63) is 35.6 Å². The molecule has 106 valence electrons. The lowest BCUT2D eigenvalue weighted by molar-refractivity contribution is -0.139. The van der Waals surface area contributed by atoms with Gasteiger partial charge in [0.15, 0.2) is 0 Å². The minimum atomic E-state index is -4.42. The molecule has 0 aliphatic carbocycles. The summed E-state index contributed by atoms with van der Waals surface area (Å²) in [5.74, 6) is -1.11. The summed E-state index contributed by atoms with van der Waals surface area (Å²) in [6.45, 7) is 0.366. The topological polar surface area (TPSA) is 41.1 Å². The first kappa shape index (κ1) is 15.4. The molecule has 1 unspecified atom stereocenters. The number of carbonyl (C=O) groups excluding carboxylic acids is 1. The second-order valence-electron chi connectivity index (χ2n) is 4.06. The fourth-order valence-corrected chi connectivity index (χ4v) is 1.31. The van der Waals surface area contributed by atoms with E-state index in [2.05, 4.69) is 5.32 Å². The lowest BCUT2D eigenvalue weighted by Crippen LogP contribution is -2.44. The largest absolute Gasteiger partial charge is 0.405 e. The van der Waals surface area contributed by atoms with Crippen molar-refractivity contribution in [2.45, 2.75) is 25.7 Å². The smallest absolute Gasteiger partial charge is 0.346 e. The van der Waals surface area contributed by atoms with Crippen LogP contribution in [0.25, 0.3) is 0 Å². The van der Waals surface area contributed by atoms with Crippen LogP contribution in [0.4, 0.5) is 17.6 Å². The Hall–Kier alpha value is -1.63. The lowest BCUT2D eigenvalue weighted by Gasteiger charge is -2.15. The molecular formula is C12H14F4N2O. The van der Waals surface area contributed by atoms with Crippen LogP contribution in [0.3, 0.4) is 0 Å². The monoisotopic (exact) mass is 278 g/mol. The van der Waals surface area contributed by atoms with Crippen LogP contribution in [-0.2, 0) is 11.3 Å². The van der Waals surface area contributed by atoms with Gasteiger partial charge in [0.2, 0.25) is 5.91 Å². The summed E-state index contributed by atoms with van der Waals surface area (Å²) >= 11 is 0. The fraction of sp³-hybridized carbons (Fsp3) is 0.417. The molecule has 0 aliphatic heterocycles. The summed E-state index contributed by atoms with van der Waals surface area (Å²) in [7, 11) is 0. The molecule has 0 saturated heterocycles. The van der Waals surface area contributed by atoms with E-state index in [1.165, 1.54) is 31.2 Å². The predicted molar refractivity (Wildman–Crippen MR) is 61.8 cm³/mol. The van der Waals surface area contributed by atoms with Crippen molar-refractivity contribution in [3.63, 3.8) is 0 Å². The van der Waals surface area contributed by atoms with Gasteiger partial charge in [-0.05, 0) is 24.6 Å². The van der Waals surface area contributed by atoms with Crippen LogP contribution < -0.4 is 10.6 Å². The lowest BCUT2D eigenvalue weighted by atomic mass is 10.2. The third-order valence-corrected chi connectivity index (χ3v) is 2.38. The first-order chi connectivity index (χ1) is 8.78. The average molecular weight is 278 g/mol. The van der Waals surface area contributed by atoms with Gasteiger partial charge in [-0.2, -0.15) is 13.2 Å². The van der Waals surface area contributed by atoms with Crippen molar-refractivity contribution < 1.29 is 22.4 Å². The molecule has 1 amide bonds. The molecule has 1 aromatic rings. The summed E-state index contributed by atoms with van der Waals surface area (Å²) in [6, 6.07) is 4.83. The first-order valence-corrected chi connectivity index (χ1v) is 5.60. The van der Waals surface area contributed by atoms with E-state index in [0.717, 1.165) is 5.56 Å². The molecule has 1 rings (SSSR count). The van der Waals surface area contributed by atoms with Crippen molar-refractivity contribution in [2.24, 2.45) is 0 Å². The van der Waals surface area contributed by atoms with E-state index in [1.807, 2.05) is 0 Å². The van der Waals surface area contributed by atoms with Crippen LogP contribution in [0.2, 0.25) is 0 Å². The van der Waals surface area contributed by atoms with Crippen LogP contribution in [0.1, 0.15) is 12.5 Å². The number of halogens is 4. The van der Waals surface area contributed by atoms with Gasteiger partial charge >= 0.3 is 6.18 Å². The highest BCUT2D eigenvalue weighted by molar-refractivity contribution is 5.81. The van der Waals surface area contributed by atoms with E-state index >= 15 is 0 Å². The Balaban J connectivity index is 2.36. The van der Waals surface area contributed by atoms with Gasteiger partial charge in [-0.15, -0.1) is 0 Å². The predicted octanol–water partition coefficient (Wildman–Crippen LogP) is 1.98. The van der Waals surface area contributed by atoms with E-state index < -0.39 is 24.7 Å². The van der Waals surface area contributed by atoms with E-state index in [-0.39, 0.29) is 12.4 Å². The molecule has 0 aromatic heterocycles. The van der Waals surface area contributed by atoms with Gasteiger partial charge in [-0.1, -0.05) is 12.1 Å². The highest BCUT2D eigenvalue weighted by Crippen LogP contribution is 2.12. The third-order valence-electron chi connectivity index (χ3n) is 2.38. The molecule has 0 fully saturated rings. The van der Waals surface area contributed by atoms with Gasteiger partial charge in [0.1, 0.15) is 12.4 Å². The molecule has 7 heteroatoms. The van der Waals surface area contributed by atoms with Gasteiger partial charge in [-0.25, -0.2) is 4.39 Å². The standard InChI is InChI=1S/C12H14F4N2O/c1-8(11(19)18-7-12(14,15)16)17-6-9-2-4-10(13)5-3-9/h2-5,8,17H,6-7H2,1H3,(H,18,19). The Bertz CT molecular complexity index is 417. The number of hydrogen-bond donors (Lipinski definition) is 2. The quantitative estimate of drug-likeness (QED) is 0.809. The van der Waals surface area contributed by atoms with Crippen molar-refractivity contribution in [1.29, 1.82) is 0 Å². The zero-order chi connectivity index (χ0) is 14.5. The minimum absolute atomic E-state index is 0.265. The maximum Gasteiger partial charge on any atom is 0.405 e. The summed E-state index contributed by atoms with van der Waals surface area (Å²) in [6.07, 6.45) is -4.42. The fourth-order valence-electron chi connectivity index (χ4n) is 1.31. The van der Waals surface area contributed by atoms with Crippen LogP contribution in [-0.4, -0.2) is 24.7 Å². The number of nitrogens with one attached hydrogen (secondary N) is 2. The number of benzene rings is 1. The molecule has 2 N–H and O–H groups in total.